The van der Waals surface area contributed by atoms with Crippen molar-refractivity contribution in [2.24, 2.45) is 0 Å². The minimum Gasteiger partial charge on any atom is -0.338 e. The van der Waals surface area contributed by atoms with Gasteiger partial charge < -0.3 is 15.2 Å². The van der Waals surface area contributed by atoms with Crippen molar-refractivity contribution in [3.63, 3.8) is 0 Å². The van der Waals surface area contributed by atoms with Gasteiger partial charge in [-0.2, -0.15) is 0 Å². The fraction of sp³-hybridized carbons (Fsp3) is 0.286. The monoisotopic (exact) mass is 336 g/mol. The van der Waals surface area contributed by atoms with E-state index >= 15 is 0 Å². The molecular weight excluding hydrogens is 320 g/mol. The van der Waals surface area contributed by atoms with E-state index in [1.54, 1.807) is 12.5 Å². The third kappa shape index (κ3) is 4.38. The van der Waals surface area contributed by atoms with Crippen molar-refractivity contribution in [2.45, 2.75) is 19.9 Å². The van der Waals surface area contributed by atoms with Crippen LogP contribution in [0.25, 0.3) is 0 Å². The first-order chi connectivity index (χ1) is 9.65. The summed E-state index contributed by atoms with van der Waals surface area (Å²) in [5.74, 6) is 0. The zero-order valence-electron chi connectivity index (χ0n) is 11.3. The Morgan fingerprint density at radius 3 is 3.00 bits per heavy atom. The first-order valence-electron chi connectivity index (χ1n) is 6.42. The van der Waals surface area contributed by atoms with E-state index in [0.29, 0.717) is 6.54 Å². The van der Waals surface area contributed by atoms with Crippen molar-refractivity contribution in [3.05, 3.63) is 47.0 Å². The smallest absolute Gasteiger partial charge is 0.319 e. The number of carbonyl (C=O) groups is 1. The van der Waals surface area contributed by atoms with E-state index in [1.807, 2.05) is 35.9 Å². The molecule has 106 valence electrons. The van der Waals surface area contributed by atoms with Crippen molar-refractivity contribution in [1.82, 2.24) is 14.9 Å². The molecule has 0 radical (unpaired) electrons. The largest absolute Gasteiger partial charge is 0.338 e. The predicted octanol–water partition coefficient (Wildman–Crippen LogP) is 3.17. The summed E-state index contributed by atoms with van der Waals surface area (Å²) < 4.78 is 2.99. The lowest BCUT2D eigenvalue weighted by atomic mass is 10.2. The van der Waals surface area contributed by atoms with Gasteiger partial charge >= 0.3 is 6.03 Å². The Morgan fingerprint density at radius 1 is 1.45 bits per heavy atom. The molecular formula is C14H17BrN4O. The molecule has 6 heteroatoms. The zero-order valence-corrected chi connectivity index (χ0v) is 12.9. The van der Waals surface area contributed by atoms with Crippen LogP contribution >= 0.6 is 15.9 Å². The minimum atomic E-state index is -0.180. The molecule has 0 bridgehead atoms. The fourth-order valence-corrected chi connectivity index (χ4v) is 2.29. The van der Waals surface area contributed by atoms with E-state index in [-0.39, 0.29) is 6.03 Å². The van der Waals surface area contributed by atoms with E-state index in [2.05, 4.69) is 31.5 Å². The maximum Gasteiger partial charge on any atom is 0.319 e. The molecule has 2 rings (SSSR count). The van der Waals surface area contributed by atoms with Crippen LogP contribution in [-0.4, -0.2) is 22.1 Å². The molecule has 0 spiro atoms. The van der Waals surface area contributed by atoms with Gasteiger partial charge in [0.25, 0.3) is 0 Å². The molecule has 5 nitrogen and oxygen atoms in total. The molecule has 1 aromatic heterocycles. The summed E-state index contributed by atoms with van der Waals surface area (Å²) in [7, 11) is 0. The van der Waals surface area contributed by atoms with E-state index in [1.165, 1.54) is 0 Å². The molecule has 20 heavy (non-hydrogen) atoms. The van der Waals surface area contributed by atoms with Gasteiger partial charge in [0.05, 0.1) is 6.33 Å². The number of hydrogen-bond donors (Lipinski definition) is 2. The second-order valence-corrected chi connectivity index (χ2v) is 5.41. The van der Waals surface area contributed by atoms with Crippen molar-refractivity contribution in [2.75, 3.05) is 11.9 Å². The Hall–Kier alpha value is -1.82. The topological polar surface area (TPSA) is 59.0 Å². The number of nitrogens with one attached hydrogen (secondary N) is 2. The maximum atomic E-state index is 11.8. The molecule has 1 heterocycles. The summed E-state index contributed by atoms with van der Waals surface area (Å²) in [6, 6.07) is 5.57. The van der Waals surface area contributed by atoms with E-state index < -0.39 is 0 Å². The summed E-state index contributed by atoms with van der Waals surface area (Å²) in [6.07, 6.45) is 6.29. The van der Waals surface area contributed by atoms with E-state index in [4.69, 9.17) is 0 Å². The van der Waals surface area contributed by atoms with Crippen LogP contribution < -0.4 is 10.6 Å². The van der Waals surface area contributed by atoms with Crippen LogP contribution in [-0.2, 0) is 6.54 Å². The molecule has 0 aliphatic rings. The van der Waals surface area contributed by atoms with Gasteiger partial charge in [-0.05, 0) is 37.1 Å². The number of nitrogens with zero attached hydrogens (tertiary/aromatic N) is 2. The molecule has 2 aromatic rings. The number of urea groups is 1. The molecule has 0 saturated heterocycles. The van der Waals surface area contributed by atoms with E-state index in [9.17, 15) is 4.79 Å². The van der Waals surface area contributed by atoms with Gasteiger partial charge in [-0.25, -0.2) is 9.78 Å². The average molecular weight is 337 g/mol. The van der Waals surface area contributed by atoms with Gasteiger partial charge in [-0.15, -0.1) is 0 Å². The number of amides is 2. The first kappa shape index (κ1) is 14.6. The highest BCUT2D eigenvalue weighted by Gasteiger charge is 2.04. The van der Waals surface area contributed by atoms with Crippen LogP contribution in [0.3, 0.4) is 0 Å². The number of imidazole rings is 1. The van der Waals surface area contributed by atoms with Crippen LogP contribution in [0.15, 0.2) is 41.4 Å². The number of anilines is 1. The highest BCUT2D eigenvalue weighted by molar-refractivity contribution is 9.10. The van der Waals surface area contributed by atoms with Gasteiger partial charge in [-0.1, -0.05) is 15.9 Å². The summed E-state index contributed by atoms with van der Waals surface area (Å²) in [4.78, 5) is 15.7. The first-order valence-corrected chi connectivity index (χ1v) is 7.21. The van der Waals surface area contributed by atoms with Crippen LogP contribution in [0.2, 0.25) is 0 Å². The Kier molecular flexibility index (Phi) is 5.17. The number of aromatic nitrogens is 2. The van der Waals surface area contributed by atoms with Gasteiger partial charge in [0.1, 0.15) is 0 Å². The number of benzene rings is 1. The molecule has 2 amide bonds. The molecule has 2 N–H and O–H groups in total. The van der Waals surface area contributed by atoms with E-state index in [0.717, 1.165) is 28.7 Å². The standard InChI is InChI=1S/C14H17BrN4O/c1-11-9-12(15)3-4-13(11)18-14(20)17-5-2-7-19-8-6-16-10-19/h3-4,6,8-10H,2,5,7H2,1H3,(H2,17,18,20). The molecule has 0 fully saturated rings. The van der Waals surface area contributed by atoms with Crippen molar-refractivity contribution < 1.29 is 4.79 Å². The Balaban J connectivity index is 1.72. The van der Waals surface area contributed by atoms with Crippen LogP contribution in [0, 0.1) is 6.92 Å². The third-order valence-electron chi connectivity index (χ3n) is 2.87. The summed E-state index contributed by atoms with van der Waals surface area (Å²) >= 11 is 3.40. The van der Waals surface area contributed by atoms with Gasteiger partial charge in [0.2, 0.25) is 0 Å². The number of carbonyl (C=O) groups excluding carboxylic acids is 1. The number of hydrogen-bond acceptors (Lipinski definition) is 2. The Labute approximate surface area is 126 Å². The fourth-order valence-electron chi connectivity index (χ4n) is 1.82. The van der Waals surface area contributed by atoms with Crippen LogP contribution in [0.4, 0.5) is 10.5 Å². The normalized spacial score (nSPS) is 10.3. The lowest BCUT2D eigenvalue weighted by molar-refractivity contribution is 0.252. The second-order valence-electron chi connectivity index (χ2n) is 4.49. The van der Waals surface area contributed by atoms with Crippen molar-refractivity contribution in [1.29, 1.82) is 0 Å². The lowest BCUT2D eigenvalue weighted by Gasteiger charge is -2.10. The maximum absolute atomic E-state index is 11.8. The molecule has 0 aliphatic heterocycles. The summed E-state index contributed by atoms with van der Waals surface area (Å²) in [5, 5.41) is 5.68. The number of aryl methyl sites for hydroxylation is 2. The molecule has 0 aliphatic carbocycles. The SMILES string of the molecule is Cc1cc(Br)ccc1NC(=O)NCCCn1ccnc1. The van der Waals surface area contributed by atoms with Gasteiger partial charge in [0.15, 0.2) is 0 Å². The second kappa shape index (κ2) is 7.09. The van der Waals surface area contributed by atoms with Crippen molar-refractivity contribution >= 4 is 27.6 Å². The average Bonchev–Trinajstić information content (AvgIpc) is 2.91. The lowest BCUT2D eigenvalue weighted by Crippen LogP contribution is -2.30. The highest BCUT2D eigenvalue weighted by Crippen LogP contribution is 2.19. The highest BCUT2D eigenvalue weighted by atomic mass is 79.9. The molecule has 0 unspecified atom stereocenters. The van der Waals surface area contributed by atoms with Crippen LogP contribution in [0.5, 0.6) is 0 Å². The Morgan fingerprint density at radius 2 is 2.30 bits per heavy atom. The molecule has 0 saturated carbocycles. The van der Waals surface area contributed by atoms with Crippen molar-refractivity contribution in [3.8, 4) is 0 Å². The van der Waals surface area contributed by atoms with Crippen LogP contribution in [0.1, 0.15) is 12.0 Å². The van der Waals surface area contributed by atoms with Gasteiger partial charge in [-0.3, -0.25) is 0 Å². The van der Waals surface area contributed by atoms with Gasteiger partial charge in [0, 0.05) is 35.6 Å². The number of rotatable bonds is 5. The summed E-state index contributed by atoms with van der Waals surface area (Å²) in [5.41, 5.74) is 1.84. The quantitative estimate of drug-likeness (QED) is 0.824. The Bertz CT molecular complexity index is 569. The number of halogens is 1. The predicted molar refractivity (Wildman–Crippen MR) is 82.7 cm³/mol. The minimum absolute atomic E-state index is 0.180. The summed E-state index contributed by atoms with van der Waals surface area (Å²) in [6.45, 7) is 3.43. The molecule has 0 atom stereocenters. The molecule has 1 aromatic carbocycles. The zero-order chi connectivity index (χ0) is 14.4. The third-order valence-corrected chi connectivity index (χ3v) is 3.37.